The van der Waals surface area contributed by atoms with Crippen molar-refractivity contribution in [2.24, 2.45) is 0 Å². The van der Waals surface area contributed by atoms with Crippen LogP contribution < -0.4 is 0 Å². The van der Waals surface area contributed by atoms with Crippen LogP contribution in [0.25, 0.3) is 10.9 Å². The van der Waals surface area contributed by atoms with Crippen molar-refractivity contribution in [3.63, 3.8) is 0 Å². The van der Waals surface area contributed by atoms with Gasteiger partial charge in [-0.3, -0.25) is 0 Å². The lowest BCUT2D eigenvalue weighted by Crippen LogP contribution is -2.01. The van der Waals surface area contributed by atoms with Crippen LogP contribution in [0.1, 0.15) is 15.9 Å². The molecular weight excluding hydrogens is 274 g/mol. The van der Waals surface area contributed by atoms with Gasteiger partial charge in [0.2, 0.25) is 0 Å². The van der Waals surface area contributed by atoms with Crippen LogP contribution in [0, 0.1) is 0 Å². The molecule has 0 bridgehead atoms. The van der Waals surface area contributed by atoms with Gasteiger partial charge in [0.15, 0.2) is 0 Å². The fourth-order valence-electron chi connectivity index (χ4n) is 2.31. The lowest BCUT2D eigenvalue weighted by Gasteiger charge is -2.06. The molecule has 0 amide bonds. The van der Waals surface area contributed by atoms with Crippen LogP contribution in [-0.4, -0.2) is 15.6 Å². The highest BCUT2D eigenvalue weighted by molar-refractivity contribution is 6.31. The largest absolute Gasteiger partial charge is 0.478 e. The van der Waals surface area contributed by atoms with Gasteiger partial charge in [0.1, 0.15) is 0 Å². The number of carboxylic acids is 1. The third-order valence-electron chi connectivity index (χ3n) is 3.26. The normalized spacial score (nSPS) is 10.8. The molecule has 1 heterocycles. The highest BCUT2D eigenvalue weighted by atomic mass is 35.5. The topological polar surface area (TPSA) is 42.2 Å². The van der Waals surface area contributed by atoms with Crippen molar-refractivity contribution in [2.45, 2.75) is 6.54 Å². The summed E-state index contributed by atoms with van der Waals surface area (Å²) in [7, 11) is 0. The highest BCUT2D eigenvalue weighted by Gasteiger charge is 2.06. The Balaban J connectivity index is 1.97. The van der Waals surface area contributed by atoms with E-state index in [1.807, 2.05) is 36.5 Å². The van der Waals surface area contributed by atoms with Crippen LogP contribution in [0.4, 0.5) is 0 Å². The molecule has 3 nitrogen and oxygen atoms in total. The van der Waals surface area contributed by atoms with Gasteiger partial charge in [-0.25, -0.2) is 4.79 Å². The molecule has 1 N–H and O–H groups in total. The van der Waals surface area contributed by atoms with Crippen molar-refractivity contribution in [1.29, 1.82) is 0 Å². The van der Waals surface area contributed by atoms with Crippen molar-refractivity contribution in [1.82, 2.24) is 4.57 Å². The van der Waals surface area contributed by atoms with E-state index >= 15 is 0 Å². The second-order valence-corrected chi connectivity index (χ2v) is 5.09. The second-order valence-electron chi connectivity index (χ2n) is 4.65. The SMILES string of the molecule is O=C(O)c1cccc(Cn2ccc3cc(Cl)ccc32)c1. The maximum atomic E-state index is 11.0. The van der Waals surface area contributed by atoms with E-state index in [-0.39, 0.29) is 0 Å². The maximum absolute atomic E-state index is 11.0. The summed E-state index contributed by atoms with van der Waals surface area (Å²) in [5.41, 5.74) is 2.34. The third kappa shape index (κ3) is 2.40. The molecule has 0 aliphatic carbocycles. The van der Waals surface area contributed by atoms with Crippen LogP contribution in [0.2, 0.25) is 5.02 Å². The van der Waals surface area contributed by atoms with Gasteiger partial charge in [0.25, 0.3) is 0 Å². The smallest absolute Gasteiger partial charge is 0.335 e. The van der Waals surface area contributed by atoms with Crippen LogP contribution in [0.15, 0.2) is 54.7 Å². The molecule has 0 atom stereocenters. The number of aromatic nitrogens is 1. The Morgan fingerprint density at radius 2 is 2.00 bits per heavy atom. The van der Waals surface area contributed by atoms with E-state index in [0.717, 1.165) is 16.5 Å². The zero-order chi connectivity index (χ0) is 14.1. The van der Waals surface area contributed by atoms with Crippen molar-refractivity contribution < 1.29 is 9.90 Å². The number of carbonyl (C=O) groups is 1. The van der Waals surface area contributed by atoms with Gasteiger partial charge in [0.05, 0.1) is 5.56 Å². The molecule has 1 aromatic heterocycles. The molecule has 0 aliphatic heterocycles. The van der Waals surface area contributed by atoms with Crippen molar-refractivity contribution >= 4 is 28.5 Å². The zero-order valence-corrected chi connectivity index (χ0v) is 11.3. The molecule has 0 fully saturated rings. The molecule has 0 unspecified atom stereocenters. The average molecular weight is 286 g/mol. The Bertz CT molecular complexity index is 792. The number of nitrogens with zero attached hydrogens (tertiary/aromatic N) is 1. The Hall–Kier alpha value is -2.26. The van der Waals surface area contributed by atoms with Crippen LogP contribution in [0.3, 0.4) is 0 Å². The van der Waals surface area contributed by atoms with Gasteiger partial charge in [-0.05, 0) is 42.0 Å². The van der Waals surface area contributed by atoms with Gasteiger partial charge in [0, 0.05) is 28.7 Å². The summed E-state index contributed by atoms with van der Waals surface area (Å²) in [6, 6.07) is 14.7. The summed E-state index contributed by atoms with van der Waals surface area (Å²) in [4.78, 5) is 11.0. The first-order valence-electron chi connectivity index (χ1n) is 6.20. The molecule has 2 aromatic carbocycles. The summed E-state index contributed by atoms with van der Waals surface area (Å²) in [5.74, 6) is -0.906. The molecule has 4 heteroatoms. The highest BCUT2D eigenvalue weighted by Crippen LogP contribution is 2.21. The number of halogens is 1. The van der Waals surface area contributed by atoms with Gasteiger partial charge >= 0.3 is 5.97 Å². The first kappa shape index (κ1) is 12.8. The van der Waals surface area contributed by atoms with E-state index in [1.54, 1.807) is 18.2 Å². The van der Waals surface area contributed by atoms with Gasteiger partial charge in [-0.2, -0.15) is 0 Å². The monoisotopic (exact) mass is 285 g/mol. The summed E-state index contributed by atoms with van der Waals surface area (Å²) >= 11 is 5.97. The molecule has 100 valence electrons. The lowest BCUT2D eigenvalue weighted by molar-refractivity contribution is 0.0696. The minimum Gasteiger partial charge on any atom is -0.478 e. The van der Waals surface area contributed by atoms with Crippen LogP contribution >= 0.6 is 11.6 Å². The van der Waals surface area contributed by atoms with E-state index in [2.05, 4.69) is 4.57 Å². The molecule has 20 heavy (non-hydrogen) atoms. The number of rotatable bonds is 3. The third-order valence-corrected chi connectivity index (χ3v) is 3.49. The average Bonchev–Trinajstić information content (AvgIpc) is 2.81. The fourth-order valence-corrected chi connectivity index (χ4v) is 2.49. The first-order chi connectivity index (χ1) is 9.63. The number of hydrogen-bond donors (Lipinski definition) is 1. The van der Waals surface area contributed by atoms with Crippen LogP contribution in [0.5, 0.6) is 0 Å². The van der Waals surface area contributed by atoms with Gasteiger partial charge in [-0.1, -0.05) is 23.7 Å². The van der Waals surface area contributed by atoms with E-state index in [0.29, 0.717) is 17.1 Å². The first-order valence-corrected chi connectivity index (χ1v) is 6.58. The van der Waals surface area contributed by atoms with Gasteiger partial charge in [-0.15, -0.1) is 0 Å². The quantitative estimate of drug-likeness (QED) is 0.789. The predicted molar refractivity (Wildman–Crippen MR) is 79.5 cm³/mol. The number of aromatic carboxylic acids is 1. The van der Waals surface area contributed by atoms with Crippen molar-refractivity contribution in [2.75, 3.05) is 0 Å². The summed E-state index contributed by atoms with van der Waals surface area (Å²) < 4.78 is 2.08. The second kappa shape index (κ2) is 5.02. The molecule has 0 saturated carbocycles. The Kier molecular flexibility index (Phi) is 3.20. The Morgan fingerprint density at radius 1 is 1.15 bits per heavy atom. The maximum Gasteiger partial charge on any atom is 0.335 e. The van der Waals surface area contributed by atoms with Crippen molar-refractivity contribution in [3.05, 3.63) is 70.9 Å². The number of hydrogen-bond acceptors (Lipinski definition) is 1. The van der Waals surface area contributed by atoms with E-state index < -0.39 is 5.97 Å². The number of benzene rings is 2. The lowest BCUT2D eigenvalue weighted by atomic mass is 10.1. The summed E-state index contributed by atoms with van der Waals surface area (Å²) in [6.45, 7) is 0.631. The Labute approximate surface area is 121 Å². The predicted octanol–water partition coefficient (Wildman–Crippen LogP) is 4.04. The Morgan fingerprint density at radius 3 is 2.80 bits per heavy atom. The minimum atomic E-state index is -0.906. The van der Waals surface area contributed by atoms with E-state index in [4.69, 9.17) is 16.7 Å². The molecule has 0 saturated heterocycles. The molecular formula is C16H12ClNO2. The zero-order valence-electron chi connectivity index (χ0n) is 10.6. The number of carboxylic acid groups (broad SMARTS) is 1. The van der Waals surface area contributed by atoms with Gasteiger partial charge < -0.3 is 9.67 Å². The summed E-state index contributed by atoms with van der Waals surface area (Å²) in [5, 5.41) is 10.8. The van der Waals surface area contributed by atoms with E-state index in [9.17, 15) is 4.79 Å². The number of fused-ring (bicyclic) bond motifs is 1. The molecule has 3 aromatic rings. The van der Waals surface area contributed by atoms with E-state index in [1.165, 1.54) is 0 Å². The standard InChI is InChI=1S/C16H12ClNO2/c17-14-4-5-15-12(9-14)6-7-18(15)10-11-2-1-3-13(8-11)16(19)20/h1-9H,10H2,(H,19,20). The fraction of sp³-hybridized carbons (Fsp3) is 0.0625. The minimum absolute atomic E-state index is 0.307. The van der Waals surface area contributed by atoms with Crippen LogP contribution in [-0.2, 0) is 6.54 Å². The molecule has 3 rings (SSSR count). The molecule has 0 aliphatic rings. The molecule has 0 spiro atoms. The summed E-state index contributed by atoms with van der Waals surface area (Å²) in [6.07, 6.45) is 1.98. The molecule has 0 radical (unpaired) electrons. The van der Waals surface area contributed by atoms with Crippen molar-refractivity contribution in [3.8, 4) is 0 Å².